The van der Waals surface area contributed by atoms with E-state index >= 15 is 0 Å². The molecule has 0 aliphatic carbocycles. The highest BCUT2D eigenvalue weighted by molar-refractivity contribution is 8.07. The van der Waals surface area contributed by atoms with E-state index < -0.39 is 158 Å². The van der Waals surface area contributed by atoms with Gasteiger partial charge in [0, 0.05) is 47.0 Å². The van der Waals surface area contributed by atoms with E-state index in [1.165, 1.54) is 30.7 Å². The van der Waals surface area contributed by atoms with Crippen LogP contribution in [0, 0.1) is 49.4 Å². The average molecular weight is 1710 g/mol. The number of ether oxygens (including phenoxy) is 9. The van der Waals surface area contributed by atoms with Crippen LogP contribution in [0.25, 0.3) is 0 Å². The summed E-state index contributed by atoms with van der Waals surface area (Å²) in [6, 6.07) is 0. The predicted octanol–water partition coefficient (Wildman–Crippen LogP) is 9.18. The number of nitrogen functional groups attached to an aromatic ring is 2. The molecule has 0 saturated carbocycles. The number of rotatable bonds is 19. The molecule has 8 fully saturated rings. The summed E-state index contributed by atoms with van der Waals surface area (Å²) >= 11 is 5.29. The van der Waals surface area contributed by atoms with Gasteiger partial charge in [0.1, 0.15) is 82.9 Å². The Balaban J connectivity index is 0.000000176. The van der Waals surface area contributed by atoms with E-state index in [0.717, 1.165) is 6.42 Å². The first-order valence-corrected chi connectivity index (χ1v) is 44.0. The first kappa shape index (κ1) is 94.0. The Kier molecular flexibility index (Phi) is 26.8. The third-order valence-electron chi connectivity index (χ3n) is 19.3. The van der Waals surface area contributed by atoms with Crippen molar-refractivity contribution < 1.29 is 93.6 Å². The van der Waals surface area contributed by atoms with Crippen LogP contribution in [0.1, 0.15) is 232 Å². The zero-order valence-electron chi connectivity index (χ0n) is 71.3. The Labute approximate surface area is 675 Å². The lowest BCUT2D eigenvalue weighted by Gasteiger charge is -2.38. The van der Waals surface area contributed by atoms with Gasteiger partial charge in [-0.25, -0.2) is 28.3 Å². The molecule has 4 aromatic rings. The molecule has 12 heterocycles. The standard InChI is InChI=1S/C19H32N3O7P.C19H32N3O6PS.C19H30N2O5.C18H29N2O8P/c1-11-8-22(16(23)21-14(11)20)15-12-13(28-30(24,25)29-18(5,6)7)19(27-15,10-26-12)9-17(2,3)4;1-11-8-22(16(23)21-14(11)20)15-12-13(27-29(24,30)28-18(5,6)7)19(26-15,10-25-12)9-17(2,3)4;1-11-8-21(16(23)20-14(11)22)15-12-13(25-18(5,6)7)19(26-15,10-24-12)9-17(2,3)4;1-10(2)27-29(23,24)28-13-12-15(20-7-11(3)14(21)19-16(20)22)26-18(13,9-25-12)8-17(4,5)6/h8,12-13,15H,9-10H2,1-7H3,(H,24,25)(H2,20,21,23);8,12-13,15H,9-10H2,1-7H3,(H,24,30)(H2,20,21,23);8,12-13,15H,9-10H2,1-7H3,(H,20,22,23);7,10,12-13,15H,8-9H2,1-6H3,(H,23,24)(H,19,21,22)/t12-,13?,15+,19-;12-,13?,15+,19-,29?;12-,13?,15+,19-;12-,13?,15+,18-/m0000/s1. The molecule has 7 unspecified atom stereocenters. The van der Waals surface area contributed by atoms with Gasteiger partial charge in [-0.15, -0.1) is 0 Å². The summed E-state index contributed by atoms with van der Waals surface area (Å²) < 4.78 is 119. The van der Waals surface area contributed by atoms with Crippen molar-refractivity contribution in [3.8, 4) is 0 Å². The Hall–Kier alpha value is -4.89. The lowest BCUT2D eigenvalue weighted by atomic mass is 9.80. The van der Waals surface area contributed by atoms with E-state index in [9.17, 15) is 52.6 Å². The van der Waals surface area contributed by atoms with Crippen LogP contribution in [0.5, 0.6) is 0 Å². The van der Waals surface area contributed by atoms with Gasteiger partial charge in [0.25, 0.3) is 11.1 Å². The number of anilines is 2. The van der Waals surface area contributed by atoms with Crippen molar-refractivity contribution in [2.45, 2.75) is 332 Å². The van der Waals surface area contributed by atoms with E-state index in [1.807, 2.05) is 62.3 Å². The monoisotopic (exact) mass is 1700 g/mol. The predicted molar refractivity (Wildman–Crippen MR) is 427 cm³/mol. The molecular weight excluding hydrogens is 1580 g/mol. The van der Waals surface area contributed by atoms with Gasteiger partial charge in [-0.3, -0.25) is 60.4 Å². The number of hydrogen-bond donors (Lipinski definition) is 7. The smallest absolute Gasteiger partial charge is 0.383 e. The summed E-state index contributed by atoms with van der Waals surface area (Å²) in [7, 11) is -8.83. The summed E-state index contributed by atoms with van der Waals surface area (Å²) in [5.41, 5.74) is 4.25. The van der Waals surface area contributed by atoms with Gasteiger partial charge in [-0.2, -0.15) is 9.97 Å². The Bertz CT molecular complexity index is 4600. The minimum Gasteiger partial charge on any atom is -0.383 e. The van der Waals surface area contributed by atoms with Crippen LogP contribution in [0.3, 0.4) is 0 Å². The average Bonchev–Trinajstić information content (AvgIpc) is 1.58. The fourth-order valence-electron chi connectivity index (χ4n) is 16.2. The van der Waals surface area contributed by atoms with E-state index in [2.05, 4.69) is 61.5 Å². The second-order valence-electron chi connectivity index (χ2n) is 39.5. The molecule has 9 N–H and O–H groups in total. The summed E-state index contributed by atoms with van der Waals surface area (Å²) in [4.78, 5) is 117. The van der Waals surface area contributed by atoms with Gasteiger partial charge in [-0.05, 0) is 163 Å². The van der Waals surface area contributed by atoms with Crippen molar-refractivity contribution in [2.75, 3.05) is 37.9 Å². The number of phosphoric acid groups is 2. The Morgan fingerprint density at radius 3 is 1.05 bits per heavy atom. The molecule has 40 heteroatoms. The number of nitrogens with one attached hydrogen (secondary N) is 2. The van der Waals surface area contributed by atoms with Crippen molar-refractivity contribution >= 4 is 45.8 Å². The maximum atomic E-state index is 12.7. The van der Waals surface area contributed by atoms with Crippen LogP contribution in [0.2, 0.25) is 0 Å². The molecular formula is C75H123N10O26P3S. The third-order valence-corrected chi connectivity index (χ3v) is 23.5. The van der Waals surface area contributed by atoms with E-state index in [4.69, 9.17) is 93.0 Å². The Morgan fingerprint density at radius 2 is 0.748 bits per heavy atom. The van der Waals surface area contributed by atoms with Gasteiger partial charge >= 0.3 is 45.1 Å². The van der Waals surface area contributed by atoms with E-state index in [-0.39, 0.29) is 70.4 Å². The van der Waals surface area contributed by atoms with Gasteiger partial charge < -0.3 is 73.3 Å². The second kappa shape index (κ2) is 32.8. The number of aromatic nitrogens is 8. The summed E-state index contributed by atoms with van der Waals surface area (Å²) in [5.74, 6) is 0.304. The largest absolute Gasteiger partial charge is 0.473 e. The lowest BCUT2D eigenvalue weighted by molar-refractivity contribution is -0.189. The first-order valence-electron chi connectivity index (χ1n) is 38.4. The number of aryl methyl sites for hydroxylation is 4. The number of nitrogens with zero attached hydrogens (tertiary/aromatic N) is 6. The zero-order chi connectivity index (χ0) is 86.7. The molecule has 0 spiro atoms. The van der Waals surface area contributed by atoms with Crippen molar-refractivity contribution in [2.24, 2.45) is 21.7 Å². The zero-order valence-corrected chi connectivity index (χ0v) is 74.8. The summed E-state index contributed by atoms with van der Waals surface area (Å²) in [6.07, 6.45) is -0.921. The molecule has 115 heavy (non-hydrogen) atoms. The quantitative estimate of drug-likeness (QED) is 0.0430. The second-order valence-corrected chi connectivity index (χ2v) is 44.9. The van der Waals surface area contributed by atoms with Crippen LogP contribution < -0.4 is 45.3 Å². The molecule has 8 saturated heterocycles. The molecule has 36 nitrogen and oxygen atoms in total. The molecule has 8 aliphatic heterocycles. The summed E-state index contributed by atoms with van der Waals surface area (Å²) in [5, 5.41) is 0. The van der Waals surface area contributed by atoms with Crippen LogP contribution in [0.4, 0.5) is 11.6 Å². The number of aromatic amines is 2. The van der Waals surface area contributed by atoms with Gasteiger partial charge in [0.15, 0.2) is 24.9 Å². The molecule has 4 aromatic heterocycles. The molecule has 0 radical (unpaired) electrons. The SMILES string of the molecule is Cc1cn([C@@H]2O[C@@]3(CC(C)(C)C)CO[C@H]2C3OC(C)(C)C)c(=O)[nH]c1=O.Cc1cn([C@@H]2O[C@@]3(CC(C)(C)C)CO[C@H]2C3OP(=O)(O)OC(C)(C)C)c(=O)nc1N.Cc1cn([C@@H]2O[C@@]3(CC(C)(C)C)CO[C@H]2C3OP(=O)(O)OC(C)C)c(=O)[nH]c1=O.Cc1cn([C@@H]2O[C@@]3(CC(C)(C)C)CO[C@H]2C3OP(O)(=S)OC(C)(C)C)c(=O)nc1N. The molecule has 0 aromatic carbocycles. The van der Waals surface area contributed by atoms with E-state index in [1.54, 1.807) is 95.5 Å². The van der Waals surface area contributed by atoms with Gasteiger partial charge in [-0.1, -0.05) is 83.1 Å². The fraction of sp³-hybridized carbons (Fsp3) is 0.787. The molecule has 8 aliphatic rings. The van der Waals surface area contributed by atoms with Crippen LogP contribution in [-0.4, -0.2) is 173 Å². The van der Waals surface area contributed by atoms with Crippen molar-refractivity contribution in [3.63, 3.8) is 0 Å². The normalized spacial score (nSPS) is 31.3. The minimum atomic E-state index is -4.44. The van der Waals surface area contributed by atoms with Crippen LogP contribution in [-0.2, 0) is 90.7 Å². The molecule has 0 amide bonds. The molecule has 12 rings (SSSR count). The van der Waals surface area contributed by atoms with Crippen molar-refractivity contribution in [1.29, 1.82) is 0 Å². The molecule has 19 atom stereocenters. The first-order chi connectivity index (χ1) is 52.1. The number of phosphoric ester groups is 2. The molecule has 650 valence electrons. The highest BCUT2D eigenvalue weighted by Gasteiger charge is 2.69. The maximum absolute atomic E-state index is 12.7. The van der Waals surface area contributed by atoms with Crippen LogP contribution in [0.15, 0.2) is 53.6 Å². The highest BCUT2D eigenvalue weighted by atomic mass is 32.5. The van der Waals surface area contributed by atoms with Crippen LogP contribution >= 0.6 is 22.4 Å². The molecule has 8 bridgehead atoms. The third kappa shape index (κ3) is 22.5. The van der Waals surface area contributed by atoms with Crippen molar-refractivity contribution in [1.82, 2.24) is 38.2 Å². The van der Waals surface area contributed by atoms with Crippen molar-refractivity contribution in [3.05, 3.63) is 110 Å². The van der Waals surface area contributed by atoms with Gasteiger partial charge in [0.05, 0.1) is 49.3 Å². The van der Waals surface area contributed by atoms with Gasteiger partial charge in [0.2, 0.25) is 0 Å². The number of H-pyrrole nitrogens is 2. The topological polar surface area (TPSA) is 465 Å². The van der Waals surface area contributed by atoms with E-state index in [0.29, 0.717) is 48.1 Å². The number of fused-ring (bicyclic) bond motifs is 8. The minimum absolute atomic E-state index is 0.00147. The fourth-order valence-corrected chi connectivity index (χ4v) is 21.0. The maximum Gasteiger partial charge on any atom is 0.473 e. The number of nitrogens with two attached hydrogens (primary N) is 2. The highest BCUT2D eigenvalue weighted by Crippen LogP contribution is 2.62. The Morgan fingerprint density at radius 1 is 0.461 bits per heavy atom. The number of hydrogen-bond acceptors (Lipinski definition) is 28. The lowest BCUT2D eigenvalue weighted by Crippen LogP contribution is -2.47. The summed E-state index contributed by atoms with van der Waals surface area (Å²) in [6.45, 7) is 48.5.